The molecule has 3 heterocycles. The van der Waals surface area contributed by atoms with Gasteiger partial charge in [-0.05, 0) is 13.0 Å². The van der Waals surface area contributed by atoms with Gasteiger partial charge in [-0.25, -0.2) is 4.79 Å². The summed E-state index contributed by atoms with van der Waals surface area (Å²) in [6, 6.07) is 1.86. The van der Waals surface area contributed by atoms with Crippen LogP contribution in [0.5, 0.6) is 0 Å². The summed E-state index contributed by atoms with van der Waals surface area (Å²) in [5.74, 6) is -0.118. The van der Waals surface area contributed by atoms with Gasteiger partial charge in [-0.3, -0.25) is 14.7 Å². The molecular weight excluding hydrogens is 362 g/mol. The van der Waals surface area contributed by atoms with Crippen molar-refractivity contribution in [3.05, 3.63) is 24.0 Å². The molecule has 0 bridgehead atoms. The monoisotopic (exact) mass is 391 g/mol. The maximum Gasteiger partial charge on any atom is 0.409 e. The van der Waals surface area contributed by atoms with Gasteiger partial charge in [0.25, 0.3) is 5.91 Å². The van der Waals surface area contributed by atoms with Crippen LogP contribution in [0.4, 0.5) is 10.5 Å². The number of amides is 2. The van der Waals surface area contributed by atoms with Crippen molar-refractivity contribution in [3.63, 3.8) is 0 Å². The van der Waals surface area contributed by atoms with E-state index in [1.807, 2.05) is 6.07 Å². The largest absolute Gasteiger partial charge is 0.450 e. The summed E-state index contributed by atoms with van der Waals surface area (Å²) in [7, 11) is 0. The molecule has 2 amide bonds. The number of aromatic nitrogens is 1. The van der Waals surface area contributed by atoms with Crippen molar-refractivity contribution in [2.75, 3.05) is 77.1 Å². The Kier molecular flexibility index (Phi) is 7.44. The molecule has 2 aliphatic heterocycles. The zero-order valence-corrected chi connectivity index (χ0v) is 16.4. The van der Waals surface area contributed by atoms with Crippen molar-refractivity contribution < 1.29 is 19.1 Å². The van der Waals surface area contributed by atoms with Gasteiger partial charge in [0.2, 0.25) is 0 Å². The maximum absolute atomic E-state index is 12.5. The molecule has 2 aliphatic rings. The summed E-state index contributed by atoms with van der Waals surface area (Å²) in [5.41, 5.74) is 1.44. The minimum Gasteiger partial charge on any atom is -0.450 e. The SMILES string of the molecule is CCOC(=O)N1CCN(c2cncc(C(=O)NCCN3CCOCC3)c2)CC1. The third-order valence-electron chi connectivity index (χ3n) is 4.97. The van der Waals surface area contributed by atoms with E-state index in [0.29, 0.717) is 44.9 Å². The Morgan fingerprint density at radius 2 is 1.89 bits per heavy atom. The van der Waals surface area contributed by atoms with E-state index in [4.69, 9.17) is 9.47 Å². The summed E-state index contributed by atoms with van der Waals surface area (Å²) >= 11 is 0. The van der Waals surface area contributed by atoms with Crippen LogP contribution in [0, 0.1) is 0 Å². The first-order chi connectivity index (χ1) is 13.7. The standard InChI is InChI=1S/C19H29N5O4/c1-2-28-19(26)24-7-5-23(6-8-24)17-13-16(14-20-15-17)18(25)21-3-4-22-9-11-27-12-10-22/h13-15H,2-12H2,1H3,(H,21,25). The first-order valence-electron chi connectivity index (χ1n) is 9.87. The summed E-state index contributed by atoms with van der Waals surface area (Å²) in [5, 5.41) is 2.96. The molecular formula is C19H29N5O4. The van der Waals surface area contributed by atoms with Gasteiger partial charge in [0.15, 0.2) is 0 Å². The van der Waals surface area contributed by atoms with E-state index in [9.17, 15) is 9.59 Å². The number of piperazine rings is 1. The second-order valence-corrected chi connectivity index (χ2v) is 6.81. The van der Waals surface area contributed by atoms with Crippen LogP contribution >= 0.6 is 0 Å². The van der Waals surface area contributed by atoms with Gasteiger partial charge in [0.05, 0.1) is 37.3 Å². The zero-order chi connectivity index (χ0) is 19.8. The molecule has 0 aliphatic carbocycles. The molecule has 2 saturated heterocycles. The van der Waals surface area contributed by atoms with Crippen LogP contribution in [0.2, 0.25) is 0 Å². The van der Waals surface area contributed by atoms with E-state index in [1.54, 1.807) is 24.2 Å². The highest BCUT2D eigenvalue weighted by atomic mass is 16.6. The van der Waals surface area contributed by atoms with Crippen molar-refractivity contribution in [2.24, 2.45) is 0 Å². The molecule has 3 rings (SSSR count). The van der Waals surface area contributed by atoms with Crippen molar-refractivity contribution in [2.45, 2.75) is 6.92 Å². The van der Waals surface area contributed by atoms with E-state index in [2.05, 4.69) is 20.1 Å². The van der Waals surface area contributed by atoms with Crippen molar-refractivity contribution in [1.29, 1.82) is 0 Å². The smallest absolute Gasteiger partial charge is 0.409 e. The second kappa shape index (κ2) is 10.2. The first-order valence-corrected chi connectivity index (χ1v) is 9.87. The normalized spacial score (nSPS) is 18.0. The molecule has 0 unspecified atom stereocenters. The molecule has 28 heavy (non-hydrogen) atoms. The Balaban J connectivity index is 1.48. The first kappa shape index (κ1) is 20.3. The highest BCUT2D eigenvalue weighted by Gasteiger charge is 2.22. The molecule has 9 heteroatoms. The van der Waals surface area contributed by atoms with Crippen molar-refractivity contribution in [1.82, 2.24) is 20.1 Å². The lowest BCUT2D eigenvalue weighted by Crippen LogP contribution is -2.49. The maximum atomic E-state index is 12.5. The van der Waals surface area contributed by atoms with E-state index in [-0.39, 0.29) is 12.0 Å². The molecule has 0 saturated carbocycles. The fourth-order valence-corrected chi connectivity index (χ4v) is 3.34. The van der Waals surface area contributed by atoms with Gasteiger partial charge in [-0.2, -0.15) is 0 Å². The van der Waals surface area contributed by atoms with Gasteiger partial charge < -0.3 is 24.6 Å². The van der Waals surface area contributed by atoms with Crippen LogP contribution in [0.15, 0.2) is 18.5 Å². The Hall–Kier alpha value is -2.39. The quantitative estimate of drug-likeness (QED) is 0.752. The van der Waals surface area contributed by atoms with Gasteiger partial charge >= 0.3 is 6.09 Å². The van der Waals surface area contributed by atoms with Crippen molar-refractivity contribution in [3.8, 4) is 0 Å². The van der Waals surface area contributed by atoms with Gasteiger partial charge in [-0.1, -0.05) is 0 Å². The number of carbonyl (C=O) groups excluding carboxylic acids is 2. The van der Waals surface area contributed by atoms with Gasteiger partial charge in [0, 0.05) is 58.6 Å². The minimum atomic E-state index is -0.270. The van der Waals surface area contributed by atoms with Gasteiger partial charge in [-0.15, -0.1) is 0 Å². The number of hydrogen-bond donors (Lipinski definition) is 1. The molecule has 1 aromatic heterocycles. The number of nitrogens with one attached hydrogen (secondary N) is 1. The molecule has 0 spiro atoms. The summed E-state index contributed by atoms with van der Waals surface area (Å²) in [6.45, 7) is 9.47. The minimum absolute atomic E-state index is 0.118. The van der Waals surface area contributed by atoms with E-state index in [0.717, 1.165) is 38.5 Å². The van der Waals surface area contributed by atoms with Crippen LogP contribution in [0.3, 0.4) is 0 Å². The van der Waals surface area contributed by atoms with Crippen LogP contribution in [0.25, 0.3) is 0 Å². The molecule has 1 N–H and O–H groups in total. The Bertz CT molecular complexity index is 657. The number of ether oxygens (including phenoxy) is 2. The van der Waals surface area contributed by atoms with E-state index < -0.39 is 0 Å². The van der Waals surface area contributed by atoms with Crippen LogP contribution in [-0.2, 0) is 9.47 Å². The molecule has 2 fully saturated rings. The highest BCUT2D eigenvalue weighted by molar-refractivity contribution is 5.94. The predicted octanol–water partition coefficient (Wildman–Crippen LogP) is 0.422. The fourth-order valence-electron chi connectivity index (χ4n) is 3.34. The molecule has 0 atom stereocenters. The van der Waals surface area contributed by atoms with Crippen molar-refractivity contribution >= 4 is 17.7 Å². The third-order valence-corrected chi connectivity index (χ3v) is 4.97. The number of nitrogens with zero attached hydrogens (tertiary/aromatic N) is 4. The summed E-state index contributed by atoms with van der Waals surface area (Å²) in [6.07, 6.45) is 3.07. The second-order valence-electron chi connectivity index (χ2n) is 6.81. The number of morpholine rings is 1. The highest BCUT2D eigenvalue weighted by Crippen LogP contribution is 2.17. The molecule has 1 aromatic rings. The average Bonchev–Trinajstić information content (AvgIpc) is 2.75. The van der Waals surface area contributed by atoms with Gasteiger partial charge in [0.1, 0.15) is 0 Å². The predicted molar refractivity (Wildman–Crippen MR) is 105 cm³/mol. The number of rotatable bonds is 6. The van der Waals surface area contributed by atoms with Crippen LogP contribution in [-0.4, -0.2) is 99.0 Å². The lowest BCUT2D eigenvalue weighted by atomic mass is 10.2. The molecule has 154 valence electrons. The number of pyridine rings is 1. The Labute approximate surface area is 165 Å². The molecule has 9 nitrogen and oxygen atoms in total. The molecule has 0 radical (unpaired) electrons. The number of hydrogen-bond acceptors (Lipinski definition) is 7. The third kappa shape index (κ3) is 5.56. The molecule has 0 aromatic carbocycles. The Morgan fingerprint density at radius 3 is 2.61 bits per heavy atom. The Morgan fingerprint density at radius 1 is 1.14 bits per heavy atom. The number of carbonyl (C=O) groups is 2. The topological polar surface area (TPSA) is 87.2 Å². The van der Waals surface area contributed by atoms with Crippen LogP contribution < -0.4 is 10.2 Å². The number of anilines is 1. The zero-order valence-electron chi connectivity index (χ0n) is 16.4. The fraction of sp³-hybridized carbons (Fsp3) is 0.632. The lowest BCUT2D eigenvalue weighted by Gasteiger charge is -2.35. The average molecular weight is 391 g/mol. The lowest BCUT2D eigenvalue weighted by molar-refractivity contribution is 0.0383. The van der Waals surface area contributed by atoms with E-state index >= 15 is 0 Å². The van der Waals surface area contributed by atoms with Crippen LogP contribution in [0.1, 0.15) is 17.3 Å². The van der Waals surface area contributed by atoms with E-state index in [1.165, 1.54) is 0 Å². The summed E-state index contributed by atoms with van der Waals surface area (Å²) < 4.78 is 10.4. The summed E-state index contributed by atoms with van der Waals surface area (Å²) in [4.78, 5) is 34.6.